The molecule has 0 saturated carbocycles. The van der Waals surface area contributed by atoms with Crippen LogP contribution in [0.1, 0.15) is 77.6 Å². The van der Waals surface area contributed by atoms with Gasteiger partial charge in [-0.05, 0) is 18.9 Å². The van der Waals surface area contributed by atoms with E-state index in [1.165, 1.54) is 44.9 Å². The van der Waals surface area contributed by atoms with Crippen LogP contribution in [0, 0.1) is 0 Å². The van der Waals surface area contributed by atoms with Gasteiger partial charge in [0.15, 0.2) is 0 Å². The van der Waals surface area contributed by atoms with Crippen molar-refractivity contribution < 1.29 is 37.6 Å². The summed E-state index contributed by atoms with van der Waals surface area (Å²) in [6.07, 6.45) is 12.5. The summed E-state index contributed by atoms with van der Waals surface area (Å²) in [4.78, 5) is 14.4. The van der Waals surface area contributed by atoms with E-state index in [9.17, 15) is 15.0 Å². The van der Waals surface area contributed by atoms with Gasteiger partial charge in [0.2, 0.25) is 14.2 Å². The largest absolute Gasteiger partial charge is 1.00 e. The number of rotatable bonds is 19. The van der Waals surface area contributed by atoms with Crippen molar-refractivity contribution in [2.75, 3.05) is 39.2 Å². The van der Waals surface area contributed by atoms with E-state index in [4.69, 9.17) is 4.43 Å². The summed E-state index contributed by atoms with van der Waals surface area (Å²) in [5.41, 5.74) is 3.87. The molecule has 0 atom stereocenters. The second-order valence-corrected chi connectivity index (χ2v) is 11.5. The second-order valence-electron chi connectivity index (χ2n) is 7.62. The van der Waals surface area contributed by atoms with E-state index < -0.39 is 8.32 Å². The third-order valence-electron chi connectivity index (χ3n) is 5.34. The molecule has 170 valence electrons. The van der Waals surface area contributed by atoms with E-state index >= 15 is 0 Å². The van der Waals surface area contributed by atoms with Crippen LogP contribution in [0.25, 0.3) is 0 Å². The highest BCUT2D eigenvalue weighted by molar-refractivity contribution is 6.73. The zero-order valence-corrected chi connectivity index (χ0v) is 20.0. The van der Waals surface area contributed by atoms with Crippen molar-refractivity contribution in [1.29, 1.82) is 0 Å². The third-order valence-corrected chi connectivity index (χ3v) is 8.63. The zero-order chi connectivity index (χ0) is 20.4. The highest BCUT2D eigenvalue weighted by Gasteiger charge is 2.32. The van der Waals surface area contributed by atoms with E-state index in [2.05, 4.69) is 12.7 Å². The molecular weight excluding hydrogens is 396 g/mol. The Morgan fingerprint density at radius 1 is 0.929 bits per heavy atom. The van der Waals surface area contributed by atoms with Gasteiger partial charge in [-0.15, -0.1) is 0 Å². The van der Waals surface area contributed by atoms with Gasteiger partial charge < -0.3 is 37.7 Å². The lowest BCUT2D eigenvalue weighted by molar-refractivity contribution is -0.368. The quantitative estimate of drug-likeness (QED) is 0.178. The molecule has 0 fully saturated rings. The zero-order valence-electron chi connectivity index (χ0n) is 18.3. The molecule has 6 nitrogen and oxygen atoms in total. The Morgan fingerprint density at radius 3 is 1.93 bits per heavy atom. The minimum absolute atomic E-state index is 0. The van der Waals surface area contributed by atoms with Crippen molar-refractivity contribution >= 4 is 14.2 Å². The number of hydrogen-bond acceptors (Lipinski definition) is 4. The summed E-state index contributed by atoms with van der Waals surface area (Å²) in [7, 11) is -0.880. The van der Waals surface area contributed by atoms with Gasteiger partial charge >= 0.3 is 0 Å². The molecule has 0 unspecified atom stereocenters. The Balaban J connectivity index is 0. The number of unbranched alkanes of at least 4 members (excludes halogenated alkanes) is 8. The van der Waals surface area contributed by atoms with Crippen molar-refractivity contribution in [2.24, 2.45) is 0 Å². The van der Waals surface area contributed by atoms with E-state index in [1.807, 2.05) is 4.90 Å². The summed E-state index contributed by atoms with van der Waals surface area (Å²) < 4.78 is 5.39. The molecule has 0 aromatic heterocycles. The van der Waals surface area contributed by atoms with E-state index in [0.29, 0.717) is 32.1 Å². The van der Waals surface area contributed by atoms with Gasteiger partial charge in [0.1, 0.15) is 0 Å². The molecule has 28 heavy (non-hydrogen) atoms. The van der Waals surface area contributed by atoms with Crippen LogP contribution in [0.4, 0.5) is 0 Å². The van der Waals surface area contributed by atoms with Crippen molar-refractivity contribution in [3.8, 4) is 0 Å². The number of quaternary nitrogens is 1. The Morgan fingerprint density at radius 2 is 1.46 bits per heavy atom. The average molecular weight is 441 g/mol. The van der Waals surface area contributed by atoms with Gasteiger partial charge in [-0.25, -0.2) is 0 Å². The molecule has 0 saturated heterocycles. The molecule has 0 aromatic carbocycles. The number of carbonyl (C=O) groups excluding carboxylic acids is 1. The normalized spacial score (nSPS) is 11.3. The fourth-order valence-corrected chi connectivity index (χ4v) is 5.01. The number of nitrogens with zero attached hydrogens (tertiary/aromatic N) is 1. The summed E-state index contributed by atoms with van der Waals surface area (Å²) in [5, 5.41) is 19.0. The van der Waals surface area contributed by atoms with Crippen LogP contribution in [0.2, 0.25) is 6.04 Å². The van der Waals surface area contributed by atoms with Crippen LogP contribution in [-0.2, 0) is 9.22 Å². The molecule has 0 aromatic rings. The predicted molar refractivity (Wildman–Crippen MR) is 113 cm³/mol. The minimum Gasteiger partial charge on any atom is -1.00 e. The molecule has 0 rings (SSSR count). The highest BCUT2D eigenvalue weighted by atomic mass is 35.5. The maximum Gasteiger partial charge on any atom is 0.242 e. The van der Waals surface area contributed by atoms with Crippen LogP contribution >= 0.6 is 0 Å². The fourth-order valence-electron chi connectivity index (χ4n) is 3.33. The Labute approximate surface area is 179 Å². The number of halogens is 1. The third kappa shape index (κ3) is 13.9. The molecule has 5 N–H and O–H groups in total. The lowest BCUT2D eigenvalue weighted by atomic mass is 10.1. The standard InChI is InChI=1S/C20H44N2O4Si.ClH/c1-3-4-5-6-7-8-9-10-11-13-20(25)22(16-14-21)15-12-17-27(18-23,19-24)26-2;/h23-24H,3-19,21H2,1-2H3;1H. The van der Waals surface area contributed by atoms with Crippen LogP contribution in [0.5, 0.6) is 0 Å². The van der Waals surface area contributed by atoms with E-state index in [0.717, 1.165) is 19.3 Å². The number of aliphatic hydroxyl groups excluding tert-OH is 2. The molecular formula is C20H45ClN2O4Si. The predicted octanol–water partition coefficient (Wildman–Crippen LogP) is -0.973. The first-order valence-corrected chi connectivity index (χ1v) is 13.5. The summed E-state index contributed by atoms with van der Waals surface area (Å²) in [5.74, 6) is 0.208. The van der Waals surface area contributed by atoms with Crippen molar-refractivity contribution in [3.63, 3.8) is 0 Å². The Kier molecular flexibility index (Phi) is 21.6. The first-order chi connectivity index (χ1) is 13.1. The first-order valence-electron chi connectivity index (χ1n) is 10.9. The Hall–Kier alpha value is -0.183. The first kappa shape index (κ1) is 30.0. The van der Waals surface area contributed by atoms with Gasteiger partial charge in [0.25, 0.3) is 0 Å². The molecule has 0 aliphatic carbocycles. The molecule has 0 bridgehead atoms. The molecule has 0 radical (unpaired) electrons. The lowest BCUT2D eigenvalue weighted by Crippen LogP contribution is -3.00. The summed E-state index contributed by atoms with van der Waals surface area (Å²) in [6.45, 7) is 4.28. The SMILES string of the molecule is CCCCCCCCCCCC(=O)N(CC[NH3+])CCC[Si](CO)(CO)OC.[Cl-]. The molecule has 0 aliphatic rings. The number of aliphatic hydroxyl groups is 2. The van der Waals surface area contributed by atoms with Gasteiger partial charge in [0.05, 0.1) is 25.5 Å². The summed E-state index contributed by atoms with van der Waals surface area (Å²) >= 11 is 0. The van der Waals surface area contributed by atoms with Crippen LogP contribution in [0.15, 0.2) is 0 Å². The minimum atomic E-state index is -2.44. The van der Waals surface area contributed by atoms with Crippen LogP contribution < -0.4 is 18.1 Å². The van der Waals surface area contributed by atoms with E-state index in [-0.39, 0.29) is 30.8 Å². The fraction of sp³-hybridized carbons (Fsp3) is 0.950. The van der Waals surface area contributed by atoms with Gasteiger partial charge in [-0.3, -0.25) is 4.79 Å². The molecule has 8 heteroatoms. The maximum absolute atomic E-state index is 12.5. The number of carbonyl (C=O) groups is 1. The van der Waals surface area contributed by atoms with Crippen molar-refractivity contribution in [2.45, 2.75) is 83.6 Å². The maximum atomic E-state index is 12.5. The lowest BCUT2D eigenvalue weighted by Gasteiger charge is -2.27. The molecule has 0 heterocycles. The van der Waals surface area contributed by atoms with Crippen molar-refractivity contribution in [3.05, 3.63) is 0 Å². The topological polar surface area (TPSA) is 97.6 Å². The highest BCUT2D eigenvalue weighted by Crippen LogP contribution is 2.14. The summed E-state index contributed by atoms with van der Waals surface area (Å²) in [6, 6.07) is 0.662. The van der Waals surface area contributed by atoms with Crippen molar-refractivity contribution in [1.82, 2.24) is 4.90 Å². The number of hydrogen-bond donors (Lipinski definition) is 3. The Bertz CT molecular complexity index is 353. The van der Waals surface area contributed by atoms with Gasteiger partial charge in [-0.2, -0.15) is 0 Å². The molecule has 0 aliphatic heterocycles. The van der Waals surface area contributed by atoms with E-state index in [1.54, 1.807) is 7.11 Å². The van der Waals surface area contributed by atoms with Gasteiger partial charge in [0, 0.05) is 20.1 Å². The second kappa shape index (κ2) is 20.1. The van der Waals surface area contributed by atoms with Crippen LogP contribution in [-0.4, -0.2) is 68.5 Å². The number of amides is 1. The van der Waals surface area contributed by atoms with Gasteiger partial charge in [-0.1, -0.05) is 58.3 Å². The smallest absolute Gasteiger partial charge is 0.242 e. The average Bonchev–Trinajstić information content (AvgIpc) is 2.69. The van der Waals surface area contributed by atoms with Crippen LogP contribution in [0.3, 0.4) is 0 Å². The molecule has 0 spiro atoms. The monoisotopic (exact) mass is 440 g/mol. The molecule has 1 amide bonds.